The van der Waals surface area contributed by atoms with Gasteiger partial charge in [-0.2, -0.15) is 11.8 Å². The van der Waals surface area contributed by atoms with E-state index in [9.17, 15) is 9.32 Å². The number of carbonyl (C=O) groups is 1. The maximum atomic E-state index is 11.4. The summed E-state index contributed by atoms with van der Waals surface area (Å²) >= 11 is 1.71. The van der Waals surface area contributed by atoms with Gasteiger partial charge < -0.3 is 0 Å². The van der Waals surface area contributed by atoms with Crippen LogP contribution in [0.1, 0.15) is 77.6 Å². The Morgan fingerprint density at radius 2 is 1.42 bits per heavy atom. The summed E-state index contributed by atoms with van der Waals surface area (Å²) in [5, 5.41) is 0. The Kier molecular flexibility index (Phi) is 15.6. The number of hydrogen-bond donors (Lipinski definition) is 0. The van der Waals surface area contributed by atoms with E-state index in [0.717, 1.165) is 5.75 Å². The van der Waals surface area contributed by atoms with Crippen molar-refractivity contribution in [2.45, 2.75) is 77.6 Å². The molecule has 0 unspecified atom stereocenters. The van der Waals surface area contributed by atoms with Crippen LogP contribution >= 0.6 is 11.8 Å². The van der Waals surface area contributed by atoms with Gasteiger partial charge in [-0.05, 0) is 12.2 Å². The van der Waals surface area contributed by atoms with Gasteiger partial charge in [-0.1, -0.05) is 64.7 Å². The topological polar surface area (TPSA) is 26.3 Å². The van der Waals surface area contributed by atoms with E-state index in [2.05, 4.69) is 11.9 Å². The molecule has 0 radical (unpaired) electrons. The summed E-state index contributed by atoms with van der Waals surface area (Å²) < 4.78 is 11.4. The number of unbranched alkanes of at least 4 members (excludes halogenated alkanes) is 9. The van der Waals surface area contributed by atoms with Crippen LogP contribution in [-0.4, -0.2) is 17.5 Å². The number of thioether (sulfide) groups is 1. The molecule has 4 heteroatoms. The molecule has 0 aromatic carbocycles. The number of rotatable bonds is 14. The second-order valence-corrected chi connectivity index (χ2v) is 6.22. The summed E-state index contributed by atoms with van der Waals surface area (Å²) in [5.74, 6) is 0.978. The van der Waals surface area contributed by atoms with Crippen molar-refractivity contribution in [2.24, 2.45) is 0 Å². The first-order valence-corrected chi connectivity index (χ1v) is 8.86. The van der Waals surface area contributed by atoms with Gasteiger partial charge in [-0.3, -0.25) is 4.94 Å². The molecule has 0 saturated carbocycles. The normalized spacial score (nSPS) is 10.6. The number of carbonyl (C=O) groups excluding carboxylic acids is 1. The SMILES string of the molecule is CCCCCCCCCCCCSCCC(=O)OF. The molecule has 0 aliphatic heterocycles. The van der Waals surface area contributed by atoms with Gasteiger partial charge in [0.15, 0.2) is 0 Å². The zero-order chi connectivity index (χ0) is 14.2. The van der Waals surface area contributed by atoms with Crippen molar-refractivity contribution in [1.82, 2.24) is 0 Å². The van der Waals surface area contributed by atoms with Crippen LogP contribution in [0.3, 0.4) is 0 Å². The fourth-order valence-electron chi connectivity index (χ4n) is 1.99. The highest BCUT2D eigenvalue weighted by molar-refractivity contribution is 7.99. The van der Waals surface area contributed by atoms with Gasteiger partial charge in [0.05, 0.1) is 6.42 Å². The minimum absolute atomic E-state index is 0.179. The van der Waals surface area contributed by atoms with Gasteiger partial charge in [-0.15, -0.1) is 0 Å². The van der Waals surface area contributed by atoms with Gasteiger partial charge in [0, 0.05) is 10.3 Å². The second-order valence-electron chi connectivity index (χ2n) is 4.99. The van der Waals surface area contributed by atoms with E-state index in [1.807, 2.05) is 0 Å². The smallest absolute Gasteiger partial charge is 0.255 e. The highest BCUT2D eigenvalue weighted by Crippen LogP contribution is 2.12. The molecule has 0 aromatic heterocycles. The molecule has 2 nitrogen and oxygen atoms in total. The molecule has 0 saturated heterocycles. The lowest BCUT2D eigenvalue weighted by Gasteiger charge is -2.02. The summed E-state index contributed by atoms with van der Waals surface area (Å²) in [7, 11) is 0. The van der Waals surface area contributed by atoms with Crippen molar-refractivity contribution in [1.29, 1.82) is 0 Å². The maximum Gasteiger partial charge on any atom is 0.349 e. The number of halogens is 1. The molecule has 0 aromatic rings. The molecule has 0 amide bonds. The predicted molar refractivity (Wildman–Crippen MR) is 81.0 cm³/mol. The minimum atomic E-state index is -0.754. The lowest BCUT2D eigenvalue weighted by Crippen LogP contribution is -1.99. The fourth-order valence-corrected chi connectivity index (χ4v) is 2.91. The predicted octanol–water partition coefficient (Wildman–Crippen LogP) is 5.46. The van der Waals surface area contributed by atoms with Gasteiger partial charge in [0.25, 0.3) is 0 Å². The van der Waals surface area contributed by atoms with Crippen LogP contribution in [0.2, 0.25) is 0 Å². The molecule has 114 valence electrons. The Morgan fingerprint density at radius 3 is 1.95 bits per heavy atom. The third-order valence-electron chi connectivity index (χ3n) is 3.18. The molecule has 0 heterocycles. The van der Waals surface area contributed by atoms with Crippen molar-refractivity contribution in [3.05, 3.63) is 0 Å². The molecule has 0 spiro atoms. The van der Waals surface area contributed by atoms with E-state index in [1.165, 1.54) is 64.2 Å². The summed E-state index contributed by atoms with van der Waals surface area (Å²) in [6.45, 7) is 2.25. The molecule has 0 bridgehead atoms. The van der Waals surface area contributed by atoms with Crippen LogP contribution in [0.5, 0.6) is 0 Å². The van der Waals surface area contributed by atoms with Crippen molar-refractivity contribution in [3.8, 4) is 0 Å². The Bertz CT molecular complexity index is 201. The van der Waals surface area contributed by atoms with Crippen molar-refractivity contribution < 1.29 is 14.3 Å². The minimum Gasteiger partial charge on any atom is -0.255 e. The molecular formula is C15H29FO2S. The quantitative estimate of drug-likeness (QED) is 0.398. The van der Waals surface area contributed by atoms with Gasteiger partial charge >= 0.3 is 5.97 Å². The van der Waals surface area contributed by atoms with Crippen LogP contribution in [0, 0.1) is 0 Å². The first kappa shape index (κ1) is 18.8. The Morgan fingerprint density at radius 1 is 0.895 bits per heavy atom. The van der Waals surface area contributed by atoms with Gasteiger partial charge in [0.1, 0.15) is 0 Å². The molecular weight excluding hydrogens is 263 g/mol. The first-order chi connectivity index (χ1) is 9.31. The Hall–Kier alpha value is -0.250. The maximum absolute atomic E-state index is 11.4. The van der Waals surface area contributed by atoms with E-state index in [0.29, 0.717) is 5.75 Å². The highest BCUT2D eigenvalue weighted by Gasteiger charge is 2.01. The largest absolute Gasteiger partial charge is 0.349 e. The monoisotopic (exact) mass is 292 g/mol. The highest BCUT2D eigenvalue weighted by atomic mass is 32.2. The summed E-state index contributed by atoms with van der Waals surface area (Å²) in [4.78, 5) is 13.6. The third-order valence-corrected chi connectivity index (χ3v) is 4.25. The first-order valence-electron chi connectivity index (χ1n) is 7.70. The molecule has 0 aliphatic rings. The fraction of sp³-hybridized carbons (Fsp3) is 0.933. The zero-order valence-electron chi connectivity index (χ0n) is 12.3. The zero-order valence-corrected chi connectivity index (χ0v) is 13.1. The molecule has 19 heavy (non-hydrogen) atoms. The average Bonchev–Trinajstić information content (AvgIpc) is 2.43. The summed E-state index contributed by atoms with van der Waals surface area (Å²) in [6, 6.07) is 0. The molecule has 0 atom stereocenters. The number of hydrogen-bond acceptors (Lipinski definition) is 3. The van der Waals surface area contributed by atoms with Crippen LogP contribution in [0.25, 0.3) is 0 Å². The van der Waals surface area contributed by atoms with Gasteiger partial charge in [0.2, 0.25) is 0 Å². The van der Waals surface area contributed by atoms with Crippen LogP contribution in [0.15, 0.2) is 0 Å². The summed E-state index contributed by atoms with van der Waals surface area (Å²) in [6.07, 6.45) is 13.6. The van der Waals surface area contributed by atoms with Crippen LogP contribution in [0.4, 0.5) is 4.53 Å². The summed E-state index contributed by atoms with van der Waals surface area (Å²) in [5.41, 5.74) is 0. The lowest BCUT2D eigenvalue weighted by molar-refractivity contribution is -0.183. The van der Waals surface area contributed by atoms with E-state index in [1.54, 1.807) is 11.8 Å². The molecule has 0 fully saturated rings. The lowest BCUT2D eigenvalue weighted by atomic mass is 10.1. The standard InChI is InChI=1S/C15H29FO2S/c1-2-3-4-5-6-7-8-9-10-11-13-19-14-12-15(17)18-16/h2-14H2,1H3. The molecule has 0 N–H and O–H groups in total. The third kappa shape index (κ3) is 15.7. The van der Waals surface area contributed by atoms with E-state index in [-0.39, 0.29) is 6.42 Å². The van der Waals surface area contributed by atoms with Crippen molar-refractivity contribution in [2.75, 3.05) is 11.5 Å². The molecule has 0 rings (SSSR count). The second kappa shape index (κ2) is 15.8. The average molecular weight is 292 g/mol. The van der Waals surface area contributed by atoms with E-state index in [4.69, 9.17) is 0 Å². The molecule has 0 aliphatic carbocycles. The van der Waals surface area contributed by atoms with E-state index >= 15 is 0 Å². The van der Waals surface area contributed by atoms with Crippen molar-refractivity contribution >= 4 is 17.7 Å². The Balaban J connectivity index is 2.97. The van der Waals surface area contributed by atoms with Crippen LogP contribution < -0.4 is 0 Å². The van der Waals surface area contributed by atoms with Crippen LogP contribution in [-0.2, 0) is 9.74 Å². The van der Waals surface area contributed by atoms with E-state index < -0.39 is 5.97 Å². The Labute approximate surface area is 121 Å². The van der Waals surface area contributed by atoms with Crippen molar-refractivity contribution in [3.63, 3.8) is 0 Å². The van der Waals surface area contributed by atoms with Gasteiger partial charge in [-0.25, -0.2) is 4.79 Å².